The Morgan fingerprint density at radius 2 is 1.89 bits per heavy atom. The Kier molecular flexibility index (Phi) is 4.01. The van der Waals surface area contributed by atoms with Gasteiger partial charge in [0, 0.05) is 0 Å². The van der Waals surface area contributed by atoms with E-state index in [1.165, 1.54) is 0 Å². The highest BCUT2D eigenvalue weighted by molar-refractivity contribution is 7.80. The Balaban J connectivity index is 2.31. The first-order valence-corrected chi connectivity index (χ1v) is 6.22. The van der Waals surface area contributed by atoms with Crippen LogP contribution >= 0.6 is 35.4 Å². The number of nitrogens with two attached hydrogens (primary N) is 1. The number of rotatable bonds is 3. The van der Waals surface area contributed by atoms with E-state index < -0.39 is 0 Å². The zero-order chi connectivity index (χ0) is 13.1. The first kappa shape index (κ1) is 13.1. The molecule has 0 radical (unpaired) electrons. The predicted molar refractivity (Wildman–Crippen MR) is 79.9 cm³/mol. The molecule has 0 spiro atoms. The van der Waals surface area contributed by atoms with Gasteiger partial charge in [-0.15, -0.1) is 0 Å². The van der Waals surface area contributed by atoms with Crippen molar-refractivity contribution in [2.24, 2.45) is 5.73 Å². The smallest absolute Gasteiger partial charge is 0.131 e. The highest BCUT2D eigenvalue weighted by atomic mass is 35.5. The van der Waals surface area contributed by atoms with Crippen molar-refractivity contribution in [3.8, 4) is 0 Å². The largest absolute Gasteiger partial charge is 0.388 e. The third kappa shape index (κ3) is 2.90. The second-order valence-electron chi connectivity index (χ2n) is 3.50. The standard InChI is InChI=1S/C12H9Cl2N3S/c13-7-3-1-4-8(11(7)14)16-10-6-2-5-9(17-10)12(15)18/h1-6H,(H2,15,18)(H,16,17). The van der Waals surface area contributed by atoms with Gasteiger partial charge in [-0.05, 0) is 24.3 Å². The highest BCUT2D eigenvalue weighted by Gasteiger charge is 2.06. The van der Waals surface area contributed by atoms with E-state index in [2.05, 4.69) is 10.3 Å². The lowest BCUT2D eigenvalue weighted by atomic mass is 10.3. The molecule has 0 amide bonds. The van der Waals surface area contributed by atoms with Gasteiger partial charge in [0.25, 0.3) is 0 Å². The van der Waals surface area contributed by atoms with Crippen LogP contribution in [-0.4, -0.2) is 9.97 Å². The number of nitrogens with zero attached hydrogens (tertiary/aromatic N) is 1. The molecule has 0 saturated heterocycles. The molecule has 92 valence electrons. The molecule has 0 saturated carbocycles. The van der Waals surface area contributed by atoms with Crippen LogP contribution in [0.25, 0.3) is 0 Å². The van der Waals surface area contributed by atoms with Crippen molar-refractivity contribution in [3.63, 3.8) is 0 Å². The van der Waals surface area contributed by atoms with Gasteiger partial charge in [0.1, 0.15) is 10.8 Å². The molecule has 0 aliphatic carbocycles. The van der Waals surface area contributed by atoms with Crippen LogP contribution in [0.5, 0.6) is 0 Å². The van der Waals surface area contributed by atoms with Gasteiger partial charge in [-0.3, -0.25) is 0 Å². The number of halogens is 2. The molecule has 1 aromatic heterocycles. The van der Waals surface area contributed by atoms with Crippen LogP contribution in [0, 0.1) is 0 Å². The molecule has 0 aliphatic rings. The molecular weight excluding hydrogens is 289 g/mol. The monoisotopic (exact) mass is 297 g/mol. The average molecular weight is 298 g/mol. The van der Waals surface area contributed by atoms with Gasteiger partial charge >= 0.3 is 0 Å². The van der Waals surface area contributed by atoms with Gasteiger partial charge in [0.15, 0.2) is 0 Å². The zero-order valence-electron chi connectivity index (χ0n) is 9.15. The van der Waals surface area contributed by atoms with Crippen LogP contribution in [0.1, 0.15) is 5.69 Å². The average Bonchev–Trinajstić information content (AvgIpc) is 2.35. The Bertz CT molecular complexity index is 602. The molecule has 3 N–H and O–H groups in total. The van der Waals surface area contributed by atoms with Crippen molar-refractivity contribution in [2.45, 2.75) is 0 Å². The van der Waals surface area contributed by atoms with Crippen molar-refractivity contribution >= 4 is 51.9 Å². The molecular formula is C12H9Cl2N3S. The number of hydrogen-bond donors (Lipinski definition) is 2. The number of pyridine rings is 1. The maximum atomic E-state index is 6.07. The van der Waals surface area contributed by atoms with E-state index >= 15 is 0 Å². The van der Waals surface area contributed by atoms with Crippen LogP contribution in [0.15, 0.2) is 36.4 Å². The number of anilines is 2. The Morgan fingerprint density at radius 1 is 1.17 bits per heavy atom. The normalized spacial score (nSPS) is 10.1. The van der Waals surface area contributed by atoms with Crippen LogP contribution in [0.4, 0.5) is 11.5 Å². The molecule has 1 heterocycles. The van der Waals surface area contributed by atoms with Crippen LogP contribution in [0.2, 0.25) is 10.0 Å². The van der Waals surface area contributed by atoms with Crippen molar-refractivity contribution < 1.29 is 0 Å². The fraction of sp³-hybridized carbons (Fsp3) is 0. The maximum Gasteiger partial charge on any atom is 0.131 e. The molecule has 0 aliphatic heterocycles. The minimum absolute atomic E-state index is 0.246. The fourth-order valence-electron chi connectivity index (χ4n) is 1.38. The van der Waals surface area contributed by atoms with E-state index in [4.69, 9.17) is 41.2 Å². The molecule has 2 aromatic rings. The fourth-order valence-corrected chi connectivity index (χ4v) is 1.84. The number of hydrogen-bond acceptors (Lipinski definition) is 3. The number of thiocarbonyl (C=S) groups is 1. The SMILES string of the molecule is NC(=S)c1cccc(Nc2cccc(Cl)c2Cl)n1. The van der Waals surface area contributed by atoms with Crippen molar-refractivity contribution in [2.75, 3.05) is 5.32 Å². The van der Waals surface area contributed by atoms with E-state index in [-0.39, 0.29) is 4.99 Å². The van der Waals surface area contributed by atoms with E-state index in [0.717, 1.165) is 0 Å². The number of nitrogens with one attached hydrogen (secondary N) is 1. The third-order valence-corrected chi connectivity index (χ3v) is 3.24. The summed E-state index contributed by atoms with van der Waals surface area (Å²) in [6.45, 7) is 0. The van der Waals surface area contributed by atoms with Gasteiger partial charge < -0.3 is 11.1 Å². The van der Waals surface area contributed by atoms with Crippen molar-refractivity contribution in [1.29, 1.82) is 0 Å². The quantitative estimate of drug-likeness (QED) is 0.847. The van der Waals surface area contributed by atoms with Gasteiger partial charge in [-0.2, -0.15) is 0 Å². The molecule has 0 bridgehead atoms. The van der Waals surface area contributed by atoms with E-state index in [1.54, 1.807) is 24.3 Å². The lowest BCUT2D eigenvalue weighted by Crippen LogP contribution is -2.12. The summed E-state index contributed by atoms with van der Waals surface area (Å²) in [5.74, 6) is 0.601. The first-order valence-electron chi connectivity index (χ1n) is 5.06. The summed E-state index contributed by atoms with van der Waals surface area (Å²) in [5, 5.41) is 3.99. The molecule has 18 heavy (non-hydrogen) atoms. The van der Waals surface area contributed by atoms with Crippen molar-refractivity contribution in [3.05, 3.63) is 52.1 Å². The van der Waals surface area contributed by atoms with Crippen molar-refractivity contribution in [1.82, 2.24) is 4.98 Å². The molecule has 0 fully saturated rings. The summed E-state index contributed by atoms with van der Waals surface area (Å²) in [4.78, 5) is 4.51. The van der Waals surface area contributed by atoms with Gasteiger partial charge in [0.05, 0.1) is 21.4 Å². The molecule has 2 rings (SSSR count). The summed E-state index contributed by atoms with van der Waals surface area (Å²) in [6.07, 6.45) is 0. The Hall–Kier alpha value is -1.36. The molecule has 1 aromatic carbocycles. The maximum absolute atomic E-state index is 6.07. The minimum atomic E-state index is 0.246. The molecule has 0 atom stereocenters. The topological polar surface area (TPSA) is 50.9 Å². The first-order chi connectivity index (χ1) is 8.58. The molecule has 0 unspecified atom stereocenters. The van der Waals surface area contributed by atoms with Gasteiger partial charge in [-0.25, -0.2) is 4.98 Å². The Labute approximate surface area is 120 Å². The highest BCUT2D eigenvalue weighted by Crippen LogP contribution is 2.31. The zero-order valence-corrected chi connectivity index (χ0v) is 11.5. The second kappa shape index (κ2) is 5.52. The summed E-state index contributed by atoms with van der Waals surface area (Å²) in [6, 6.07) is 10.7. The minimum Gasteiger partial charge on any atom is -0.388 e. The van der Waals surface area contributed by atoms with Gasteiger partial charge in [-0.1, -0.05) is 47.6 Å². The number of aromatic nitrogens is 1. The third-order valence-electron chi connectivity index (χ3n) is 2.22. The summed E-state index contributed by atoms with van der Waals surface area (Å²) < 4.78 is 0. The van der Waals surface area contributed by atoms with Crippen LogP contribution in [0.3, 0.4) is 0 Å². The summed E-state index contributed by atoms with van der Waals surface area (Å²) >= 11 is 16.9. The predicted octanol–water partition coefficient (Wildman–Crippen LogP) is 3.77. The van der Waals surface area contributed by atoms with Crippen LogP contribution < -0.4 is 11.1 Å². The van der Waals surface area contributed by atoms with E-state index in [0.29, 0.717) is 27.2 Å². The van der Waals surface area contributed by atoms with E-state index in [1.807, 2.05) is 12.1 Å². The van der Waals surface area contributed by atoms with E-state index in [9.17, 15) is 0 Å². The summed E-state index contributed by atoms with van der Waals surface area (Å²) in [7, 11) is 0. The van der Waals surface area contributed by atoms with Crippen LogP contribution in [-0.2, 0) is 0 Å². The lowest BCUT2D eigenvalue weighted by molar-refractivity contribution is 1.28. The number of benzene rings is 1. The lowest BCUT2D eigenvalue weighted by Gasteiger charge is -2.09. The van der Waals surface area contributed by atoms with Gasteiger partial charge in [0.2, 0.25) is 0 Å². The molecule has 6 heteroatoms. The summed E-state index contributed by atoms with van der Waals surface area (Å²) in [5.41, 5.74) is 6.75. The Morgan fingerprint density at radius 3 is 2.61 bits per heavy atom. The molecule has 3 nitrogen and oxygen atoms in total. The second-order valence-corrected chi connectivity index (χ2v) is 4.72.